The first kappa shape index (κ1) is 16.3. The zero-order chi connectivity index (χ0) is 15.4. The summed E-state index contributed by atoms with van der Waals surface area (Å²) in [4.78, 5) is 11.8. The van der Waals surface area contributed by atoms with Crippen LogP contribution in [0.1, 0.15) is 49.0 Å². The average molecular weight is 357 g/mol. The van der Waals surface area contributed by atoms with Crippen molar-refractivity contribution in [1.29, 1.82) is 0 Å². The summed E-state index contributed by atoms with van der Waals surface area (Å²) in [6.45, 7) is 1.96. The highest BCUT2D eigenvalue weighted by Gasteiger charge is 2.27. The Bertz CT molecular complexity index is 527. The van der Waals surface area contributed by atoms with Crippen molar-refractivity contribution >= 4 is 21.9 Å². The number of rotatable bonds is 4. The minimum absolute atomic E-state index is 0.240. The van der Waals surface area contributed by atoms with Gasteiger partial charge in [0.2, 0.25) is 0 Å². The monoisotopic (exact) mass is 356 g/mol. The van der Waals surface area contributed by atoms with Gasteiger partial charge in [0.25, 0.3) is 0 Å². The molecule has 1 unspecified atom stereocenters. The van der Waals surface area contributed by atoms with Gasteiger partial charge in [-0.3, -0.25) is 0 Å². The quantitative estimate of drug-likeness (QED) is 0.664. The average Bonchev–Trinajstić information content (AvgIpc) is 2.72. The second kappa shape index (κ2) is 7.27. The SMILES string of the molecule is CCOC(=O)C(O)c1cc2c(c(Br)c1OC)CCCCC2. The summed E-state index contributed by atoms with van der Waals surface area (Å²) in [5, 5.41) is 10.3. The van der Waals surface area contributed by atoms with E-state index in [-0.39, 0.29) is 6.61 Å². The Labute approximate surface area is 133 Å². The van der Waals surface area contributed by atoms with Gasteiger partial charge in [-0.25, -0.2) is 4.79 Å². The fraction of sp³-hybridized carbons (Fsp3) is 0.562. The number of aliphatic hydroxyl groups is 1. The van der Waals surface area contributed by atoms with Gasteiger partial charge in [0, 0.05) is 5.56 Å². The Hall–Kier alpha value is -1.07. The number of halogens is 1. The lowest BCUT2D eigenvalue weighted by Crippen LogP contribution is -2.17. The number of aliphatic hydroxyl groups excluding tert-OH is 1. The molecule has 1 aromatic rings. The Morgan fingerprint density at radius 3 is 2.76 bits per heavy atom. The van der Waals surface area contributed by atoms with Gasteiger partial charge in [0.15, 0.2) is 6.10 Å². The molecule has 1 N–H and O–H groups in total. The number of benzene rings is 1. The normalized spacial score (nSPS) is 15.8. The summed E-state index contributed by atoms with van der Waals surface area (Å²) in [6.07, 6.45) is 4.10. The molecule has 0 spiro atoms. The van der Waals surface area contributed by atoms with Crippen LogP contribution in [0.3, 0.4) is 0 Å². The number of fused-ring (bicyclic) bond motifs is 1. The minimum atomic E-state index is -1.32. The van der Waals surface area contributed by atoms with Crippen molar-refractivity contribution in [2.75, 3.05) is 13.7 Å². The molecule has 116 valence electrons. The van der Waals surface area contributed by atoms with E-state index < -0.39 is 12.1 Å². The molecule has 0 saturated carbocycles. The molecule has 0 heterocycles. The van der Waals surface area contributed by atoms with Crippen molar-refractivity contribution in [3.8, 4) is 5.75 Å². The molecule has 1 aliphatic carbocycles. The number of aryl methyl sites for hydroxylation is 1. The van der Waals surface area contributed by atoms with Gasteiger partial charge < -0.3 is 14.6 Å². The number of ether oxygens (including phenoxy) is 2. The first-order chi connectivity index (χ1) is 10.1. The van der Waals surface area contributed by atoms with Crippen LogP contribution in [-0.4, -0.2) is 24.8 Å². The molecule has 0 aliphatic heterocycles. The van der Waals surface area contributed by atoms with Gasteiger partial charge in [-0.2, -0.15) is 0 Å². The fourth-order valence-corrected chi connectivity index (χ4v) is 3.63. The van der Waals surface area contributed by atoms with Crippen molar-refractivity contribution < 1.29 is 19.4 Å². The van der Waals surface area contributed by atoms with Crippen LogP contribution in [0.5, 0.6) is 5.75 Å². The van der Waals surface area contributed by atoms with Gasteiger partial charge in [-0.15, -0.1) is 0 Å². The van der Waals surface area contributed by atoms with Crippen LogP contribution in [0.25, 0.3) is 0 Å². The largest absolute Gasteiger partial charge is 0.495 e. The van der Waals surface area contributed by atoms with E-state index in [0.717, 1.165) is 30.2 Å². The molecule has 1 aliphatic rings. The number of esters is 1. The van der Waals surface area contributed by atoms with Crippen LogP contribution in [-0.2, 0) is 22.4 Å². The van der Waals surface area contributed by atoms with Gasteiger partial charge in [-0.1, -0.05) is 6.42 Å². The van der Waals surface area contributed by atoms with E-state index in [0.29, 0.717) is 11.3 Å². The Morgan fingerprint density at radius 1 is 1.38 bits per heavy atom. The summed E-state index contributed by atoms with van der Waals surface area (Å²) in [7, 11) is 1.55. The van der Waals surface area contributed by atoms with Crippen molar-refractivity contribution in [3.63, 3.8) is 0 Å². The standard InChI is InChI=1S/C16H21BrO4/c1-3-21-16(19)14(18)12-9-10-7-5-4-6-8-11(10)13(17)15(12)20-2/h9,14,18H,3-8H2,1-2H3. The van der Waals surface area contributed by atoms with Gasteiger partial charge >= 0.3 is 5.97 Å². The molecule has 0 radical (unpaired) electrons. The Morgan fingerprint density at radius 2 is 2.10 bits per heavy atom. The maximum Gasteiger partial charge on any atom is 0.339 e. The Kier molecular flexibility index (Phi) is 5.65. The number of methoxy groups -OCH3 is 1. The number of carbonyl (C=O) groups excluding carboxylic acids is 1. The molecule has 0 amide bonds. The lowest BCUT2D eigenvalue weighted by Gasteiger charge is -2.19. The van der Waals surface area contributed by atoms with E-state index in [2.05, 4.69) is 15.9 Å². The summed E-state index contributed by atoms with van der Waals surface area (Å²) < 4.78 is 11.2. The van der Waals surface area contributed by atoms with E-state index in [4.69, 9.17) is 9.47 Å². The summed E-state index contributed by atoms with van der Waals surface area (Å²) in [5.41, 5.74) is 2.88. The molecule has 0 bridgehead atoms. The van der Waals surface area contributed by atoms with Crippen LogP contribution in [0.4, 0.5) is 0 Å². The predicted molar refractivity (Wildman–Crippen MR) is 83.5 cm³/mol. The second-order valence-corrected chi connectivity index (χ2v) is 5.96. The molecule has 21 heavy (non-hydrogen) atoms. The molecule has 0 fully saturated rings. The van der Waals surface area contributed by atoms with Crippen LogP contribution in [0.15, 0.2) is 10.5 Å². The zero-order valence-electron chi connectivity index (χ0n) is 12.4. The third-order valence-electron chi connectivity index (χ3n) is 3.83. The lowest BCUT2D eigenvalue weighted by molar-refractivity contribution is -0.153. The van der Waals surface area contributed by atoms with Gasteiger partial charge in [-0.05, 0) is 65.7 Å². The van der Waals surface area contributed by atoms with E-state index >= 15 is 0 Å². The minimum Gasteiger partial charge on any atom is -0.495 e. The summed E-state index contributed by atoms with van der Waals surface area (Å²) >= 11 is 3.58. The van der Waals surface area contributed by atoms with Crippen LogP contribution in [0, 0.1) is 0 Å². The van der Waals surface area contributed by atoms with Crippen molar-refractivity contribution in [1.82, 2.24) is 0 Å². The van der Waals surface area contributed by atoms with E-state index in [1.165, 1.54) is 17.5 Å². The smallest absolute Gasteiger partial charge is 0.339 e. The Balaban J connectivity index is 2.47. The molecule has 1 atom stereocenters. The van der Waals surface area contributed by atoms with Crippen LogP contribution in [0.2, 0.25) is 0 Å². The highest BCUT2D eigenvalue weighted by molar-refractivity contribution is 9.10. The first-order valence-electron chi connectivity index (χ1n) is 7.33. The highest BCUT2D eigenvalue weighted by Crippen LogP contribution is 2.40. The van der Waals surface area contributed by atoms with E-state index in [1.54, 1.807) is 14.0 Å². The topological polar surface area (TPSA) is 55.8 Å². The molecule has 0 aromatic heterocycles. The molecule has 2 rings (SSSR count). The van der Waals surface area contributed by atoms with Gasteiger partial charge in [0.05, 0.1) is 18.2 Å². The van der Waals surface area contributed by atoms with Crippen LogP contribution < -0.4 is 4.74 Å². The number of hydrogen-bond acceptors (Lipinski definition) is 4. The van der Waals surface area contributed by atoms with Gasteiger partial charge in [0.1, 0.15) is 5.75 Å². The summed E-state index contributed by atoms with van der Waals surface area (Å²) in [5.74, 6) is -0.118. The lowest BCUT2D eigenvalue weighted by atomic mass is 9.96. The first-order valence-corrected chi connectivity index (χ1v) is 8.12. The fourth-order valence-electron chi connectivity index (χ4n) is 2.79. The molecular formula is C16H21BrO4. The highest BCUT2D eigenvalue weighted by atomic mass is 79.9. The van der Waals surface area contributed by atoms with Crippen molar-refractivity contribution in [2.24, 2.45) is 0 Å². The summed E-state index contributed by atoms with van der Waals surface area (Å²) in [6, 6.07) is 1.89. The predicted octanol–water partition coefficient (Wildman–Crippen LogP) is 3.32. The molecule has 0 saturated heterocycles. The molecule has 5 heteroatoms. The van der Waals surface area contributed by atoms with Crippen LogP contribution >= 0.6 is 15.9 Å². The molecule has 1 aromatic carbocycles. The maximum atomic E-state index is 11.8. The number of hydrogen-bond donors (Lipinski definition) is 1. The third kappa shape index (κ3) is 3.40. The zero-order valence-corrected chi connectivity index (χ0v) is 14.0. The van der Waals surface area contributed by atoms with E-state index in [1.807, 2.05) is 6.07 Å². The third-order valence-corrected chi connectivity index (χ3v) is 4.66. The molecular weight excluding hydrogens is 336 g/mol. The molecule has 4 nitrogen and oxygen atoms in total. The second-order valence-electron chi connectivity index (χ2n) is 5.17. The van der Waals surface area contributed by atoms with Crippen molar-refractivity contribution in [2.45, 2.75) is 45.1 Å². The maximum absolute atomic E-state index is 11.8. The number of carbonyl (C=O) groups is 1. The van der Waals surface area contributed by atoms with E-state index in [9.17, 15) is 9.90 Å². The van der Waals surface area contributed by atoms with Crippen molar-refractivity contribution in [3.05, 3.63) is 27.2 Å².